The number of rotatable bonds is 8. The molecule has 0 aliphatic heterocycles. The minimum atomic E-state index is 1.01. The maximum absolute atomic E-state index is 7.25. The van der Waals surface area contributed by atoms with Gasteiger partial charge in [-0.15, -0.1) is 32.8 Å². The van der Waals surface area contributed by atoms with E-state index in [4.69, 9.17) is 4.42 Å². The van der Waals surface area contributed by atoms with E-state index in [1.807, 2.05) is 0 Å². The van der Waals surface area contributed by atoms with Crippen LogP contribution in [-0.2, 0) is 0 Å². The second-order valence-electron chi connectivity index (χ2n) is 30.3. The van der Waals surface area contributed by atoms with Crippen LogP contribution in [0.1, 0.15) is 0 Å². The van der Waals surface area contributed by atoms with E-state index in [1.165, 1.54) is 274 Å². The third-order valence-corrected chi connectivity index (χ3v) is 25.5. The maximum Gasteiger partial charge on any atom is 0.143 e. The van der Waals surface area contributed by atoms with Gasteiger partial charge in [-0.3, -0.25) is 0 Å². The standard InChI is InChI=1S/C62H73B32NO/c63-16-1-10(2-17(64)31(16)29-13-4-22(69)42(76)50(84)30(13)34-32(47(29)81)19(66)8-24(71)41(34)75)95(25-7-11(12-3-21(68)43(77)55(89)38(12)72)27(48(82)45(25)79)14-6-23(70)44(78)56(90)40(14)74)26-9-20(67)28(49(83)46(26)80)15-5-18(65)33(51(85)39(15)73)35-52(86)57(91)53(87)36-37-54(88)58(92)59(93)60(94)62(37)96-61(35)36/h1-9H,63-94H2. The first-order valence-electron chi connectivity index (χ1n) is 35.3. The van der Waals surface area contributed by atoms with Crippen LogP contribution in [0.15, 0.2) is 59.0 Å². The molecule has 0 atom stereocenters. The third kappa shape index (κ3) is 10.2. The van der Waals surface area contributed by atoms with Crippen molar-refractivity contribution in [2.75, 3.05) is 4.90 Å². The lowest BCUT2D eigenvalue weighted by Crippen LogP contribution is -2.49. The average Bonchev–Trinajstić information content (AvgIpc) is 1.24. The van der Waals surface area contributed by atoms with Gasteiger partial charge < -0.3 is 9.32 Å². The van der Waals surface area contributed by atoms with Gasteiger partial charge in [-0.1, -0.05) is 172 Å². The fourth-order valence-corrected chi connectivity index (χ4v) is 17.7. The molecule has 0 N–H and O–H groups in total. The summed E-state index contributed by atoms with van der Waals surface area (Å²) in [5.74, 6) is 0. The molecule has 0 spiro atoms. The fraction of sp³-hybridized carbons (Fsp3) is 0. The SMILES string of the molecule is Bc1cc(-c2cc(N(c3cc(B)c(-c4c(B)c5c(B)cc(B)c(B)c5c5c(B)c(B)c(B)cc45)c(B)c3)c3cc(B)c(-c4cc(B)c(-c5c(B)c(B)c(B)c6c5oc5c(B)c(B)c(B)c(B)c56)c(B)c4B)c(B)c3B)c(B)c(B)c2-c2cc(B)c(B)c(B)c2B)c(B)c(B)c1B. The van der Waals surface area contributed by atoms with Gasteiger partial charge in [0.25, 0.3) is 0 Å². The van der Waals surface area contributed by atoms with Crippen LogP contribution in [0.4, 0.5) is 17.1 Å². The zero-order valence-electron chi connectivity index (χ0n) is 64.6. The molecule has 428 valence electrons. The highest BCUT2D eigenvalue weighted by molar-refractivity contribution is 6.73. The van der Waals surface area contributed by atoms with Crippen LogP contribution in [0.5, 0.6) is 0 Å². The van der Waals surface area contributed by atoms with Crippen molar-refractivity contribution >= 4 is 486 Å². The summed E-state index contributed by atoms with van der Waals surface area (Å²) in [6.07, 6.45) is 0. The Morgan fingerprint density at radius 1 is 0.188 bits per heavy atom. The topological polar surface area (TPSA) is 16.4 Å². The molecule has 96 heavy (non-hydrogen) atoms. The first-order valence-corrected chi connectivity index (χ1v) is 35.3. The van der Waals surface area contributed by atoms with Gasteiger partial charge in [0.05, 0.1) is 0 Å². The molecule has 0 fully saturated rings. The third-order valence-electron chi connectivity index (χ3n) is 25.5. The van der Waals surface area contributed by atoms with E-state index < -0.39 is 0 Å². The molecule has 1 heterocycles. The highest BCUT2D eigenvalue weighted by Crippen LogP contribution is 2.39. The van der Waals surface area contributed by atoms with E-state index in [1.54, 1.807) is 0 Å². The van der Waals surface area contributed by atoms with Crippen LogP contribution in [-0.4, -0.2) is 251 Å². The summed E-state index contributed by atoms with van der Waals surface area (Å²) in [5, 5.41) is 8.06. The second-order valence-corrected chi connectivity index (χ2v) is 30.3. The van der Waals surface area contributed by atoms with Gasteiger partial charge in [0.1, 0.15) is 262 Å². The average molecular weight is 1190 g/mol. The Hall–Kier alpha value is -6.38. The molecule has 0 unspecified atom stereocenters. The Labute approximate surface area is 601 Å². The summed E-state index contributed by atoms with van der Waals surface area (Å²) in [6.45, 7) is 0. The monoisotopic (exact) mass is 1200 g/mol. The van der Waals surface area contributed by atoms with Gasteiger partial charge in [0, 0.05) is 33.4 Å². The summed E-state index contributed by atoms with van der Waals surface area (Å²) in [5.41, 5.74) is 60.8. The quantitative estimate of drug-likeness (QED) is 0.111. The highest BCUT2D eigenvalue weighted by atomic mass is 16.3. The van der Waals surface area contributed by atoms with Crippen molar-refractivity contribution in [1.29, 1.82) is 0 Å². The molecule has 0 saturated carbocycles. The van der Waals surface area contributed by atoms with Gasteiger partial charge >= 0.3 is 0 Å². The van der Waals surface area contributed by atoms with Crippen molar-refractivity contribution in [3.05, 3.63) is 54.6 Å². The van der Waals surface area contributed by atoms with E-state index in [9.17, 15) is 0 Å². The number of furan rings is 1. The molecule has 0 amide bonds. The maximum atomic E-state index is 7.25. The molecule has 1 aromatic heterocycles. The molecule has 0 bridgehead atoms. The summed E-state index contributed by atoms with van der Waals surface area (Å²) < 4.78 is 7.25. The van der Waals surface area contributed by atoms with Crippen molar-refractivity contribution in [3.63, 3.8) is 0 Å². The highest BCUT2D eigenvalue weighted by Gasteiger charge is 2.31. The molecular weight excluding hydrogens is 1120 g/mol. The van der Waals surface area contributed by atoms with Gasteiger partial charge in [-0.25, -0.2) is 0 Å². The largest absolute Gasteiger partial charge is 0.456 e. The molecule has 2 nitrogen and oxygen atoms in total. The predicted molar refractivity (Wildman–Crippen MR) is 532 cm³/mol. The van der Waals surface area contributed by atoms with Crippen molar-refractivity contribution < 1.29 is 4.42 Å². The molecule has 0 saturated heterocycles. The lowest BCUT2D eigenvalue weighted by atomic mass is 9.61. The van der Waals surface area contributed by atoms with Crippen molar-refractivity contribution in [1.82, 2.24) is 0 Å². The second kappa shape index (κ2) is 24.8. The van der Waals surface area contributed by atoms with Crippen LogP contribution in [0, 0.1) is 0 Å². The number of hydrogen-bond donors (Lipinski definition) is 0. The number of anilines is 3. The first kappa shape index (κ1) is 69.5. The van der Waals surface area contributed by atoms with Gasteiger partial charge in [-0.05, 0) is 95.9 Å². The lowest BCUT2D eigenvalue weighted by Gasteiger charge is -2.35. The van der Waals surface area contributed by atoms with E-state index in [0.29, 0.717) is 0 Å². The Kier molecular flexibility index (Phi) is 18.0. The van der Waals surface area contributed by atoms with Crippen LogP contribution < -0.4 is 180 Å². The van der Waals surface area contributed by atoms with E-state index in [-0.39, 0.29) is 0 Å². The molecule has 0 aliphatic rings. The Bertz CT molecular complexity index is 5560. The fourth-order valence-electron chi connectivity index (χ4n) is 17.7. The van der Waals surface area contributed by atoms with Crippen LogP contribution in [0.3, 0.4) is 0 Å². The molecular formula is C62H73B32NO. The van der Waals surface area contributed by atoms with E-state index >= 15 is 0 Å². The van der Waals surface area contributed by atoms with E-state index in [2.05, 4.69) is 311 Å². The van der Waals surface area contributed by atoms with Crippen LogP contribution in [0.25, 0.3) is 99.1 Å². The Morgan fingerprint density at radius 3 is 1.18 bits per heavy atom. The Morgan fingerprint density at radius 2 is 0.583 bits per heavy atom. The smallest absolute Gasteiger partial charge is 0.143 e. The van der Waals surface area contributed by atoms with Gasteiger partial charge in [0.15, 0.2) is 0 Å². The van der Waals surface area contributed by atoms with E-state index in [0.717, 1.165) is 16.9 Å². The van der Waals surface area contributed by atoms with Gasteiger partial charge in [0.2, 0.25) is 0 Å². The molecule has 34 heteroatoms. The molecule has 12 rings (SSSR count). The van der Waals surface area contributed by atoms with Crippen LogP contribution >= 0.6 is 0 Å². The van der Waals surface area contributed by atoms with Crippen molar-refractivity contribution in [2.24, 2.45) is 0 Å². The molecule has 12 aromatic rings. The predicted octanol–water partition coefficient (Wildman–Crippen LogP) is -38.0. The first-order chi connectivity index (χ1) is 45.0. The molecule has 0 radical (unpaired) electrons. The summed E-state index contributed by atoms with van der Waals surface area (Å²) in [7, 11) is 74.6. The van der Waals surface area contributed by atoms with Crippen molar-refractivity contribution in [3.8, 4) is 55.6 Å². The number of nitrogens with zero attached hydrogens (tertiary/aromatic N) is 1. The number of hydrogen-bond acceptors (Lipinski definition) is 2. The summed E-state index contributed by atoms with van der Waals surface area (Å²) in [6, 6.07) is 22.5. The van der Waals surface area contributed by atoms with Crippen molar-refractivity contribution in [2.45, 2.75) is 0 Å². The minimum absolute atomic E-state index is 1.01. The normalized spacial score (nSPS) is 11.6. The van der Waals surface area contributed by atoms with Gasteiger partial charge in [-0.2, -0.15) is 0 Å². The van der Waals surface area contributed by atoms with Crippen LogP contribution in [0.2, 0.25) is 0 Å². The summed E-state index contributed by atoms with van der Waals surface area (Å²) in [4.78, 5) is 2.67. The zero-order chi connectivity index (χ0) is 70.2. The minimum Gasteiger partial charge on any atom is -0.456 e. The zero-order valence-corrected chi connectivity index (χ0v) is 64.6. The summed E-state index contributed by atoms with van der Waals surface area (Å²) >= 11 is 0. The number of benzene rings is 11. The number of fused-ring (bicyclic) bond motifs is 6. The Balaban J connectivity index is 1.15. The molecule has 11 aromatic carbocycles. The molecule has 0 aliphatic carbocycles. The lowest BCUT2D eigenvalue weighted by molar-refractivity contribution is 0.673.